The summed E-state index contributed by atoms with van der Waals surface area (Å²) >= 11 is 0. The summed E-state index contributed by atoms with van der Waals surface area (Å²) in [6, 6.07) is 3.23. The van der Waals surface area contributed by atoms with Gasteiger partial charge in [-0.1, -0.05) is 20.8 Å². The number of hydrogen-bond acceptors (Lipinski definition) is 3. The van der Waals surface area contributed by atoms with Gasteiger partial charge in [0.1, 0.15) is 11.5 Å². The van der Waals surface area contributed by atoms with Gasteiger partial charge in [-0.3, -0.25) is 4.79 Å². The first-order chi connectivity index (χ1) is 7.21. The second kappa shape index (κ2) is 4.16. The molecule has 0 saturated carbocycles. The van der Waals surface area contributed by atoms with Crippen LogP contribution in [0.1, 0.15) is 38.8 Å². The van der Waals surface area contributed by atoms with Crippen molar-refractivity contribution in [2.24, 2.45) is 0 Å². The third-order valence-electron chi connectivity index (χ3n) is 2.31. The molecule has 0 bridgehead atoms. The first kappa shape index (κ1) is 12.6. The molecule has 0 amide bonds. The van der Waals surface area contributed by atoms with Gasteiger partial charge in [-0.25, -0.2) is 0 Å². The topological polar surface area (TPSA) is 46.5 Å². The molecule has 0 unspecified atom stereocenters. The van der Waals surface area contributed by atoms with Crippen LogP contribution in [0.5, 0.6) is 11.5 Å². The lowest BCUT2D eigenvalue weighted by Crippen LogP contribution is -2.15. The zero-order valence-corrected chi connectivity index (χ0v) is 10.4. The van der Waals surface area contributed by atoms with Gasteiger partial charge in [0.2, 0.25) is 0 Å². The maximum atomic E-state index is 11.0. The highest BCUT2D eigenvalue weighted by Crippen LogP contribution is 2.36. The van der Waals surface area contributed by atoms with E-state index in [4.69, 9.17) is 4.74 Å². The quantitative estimate of drug-likeness (QED) is 0.587. The Labute approximate surface area is 96.1 Å². The van der Waals surface area contributed by atoms with Crippen LogP contribution in [0.2, 0.25) is 0 Å². The number of phenols is 1. The van der Waals surface area contributed by atoms with Crippen molar-refractivity contribution in [3.63, 3.8) is 0 Å². The van der Waals surface area contributed by atoms with E-state index in [-0.39, 0.29) is 17.1 Å². The molecule has 0 radical (unpaired) electrons. The van der Waals surface area contributed by atoms with E-state index in [1.165, 1.54) is 6.92 Å². The number of ether oxygens (including phenoxy) is 1. The normalized spacial score (nSPS) is 11.3. The standard InChI is InChI=1S/C13H18O3/c1-8-6-10(15)7-11(13(3,4)5)12(8)16-9(2)14/h6-7,15H,1-5H3. The number of benzene rings is 1. The highest BCUT2D eigenvalue weighted by Gasteiger charge is 2.22. The van der Waals surface area contributed by atoms with Gasteiger partial charge in [0, 0.05) is 12.5 Å². The summed E-state index contributed by atoms with van der Waals surface area (Å²) in [6.07, 6.45) is 0. The van der Waals surface area contributed by atoms with E-state index < -0.39 is 0 Å². The van der Waals surface area contributed by atoms with Crippen LogP contribution in [0.4, 0.5) is 0 Å². The predicted molar refractivity (Wildman–Crippen MR) is 62.9 cm³/mol. The molecule has 1 rings (SSSR count). The third-order valence-corrected chi connectivity index (χ3v) is 2.31. The first-order valence-electron chi connectivity index (χ1n) is 5.24. The average molecular weight is 222 g/mol. The van der Waals surface area contributed by atoms with Crippen molar-refractivity contribution >= 4 is 5.97 Å². The van der Waals surface area contributed by atoms with Crippen molar-refractivity contribution in [1.29, 1.82) is 0 Å². The number of aryl methyl sites for hydroxylation is 1. The molecule has 0 aliphatic heterocycles. The molecular formula is C13H18O3. The smallest absolute Gasteiger partial charge is 0.308 e. The molecule has 1 aromatic rings. The lowest BCUT2D eigenvalue weighted by Gasteiger charge is -2.23. The van der Waals surface area contributed by atoms with Crippen molar-refractivity contribution in [2.75, 3.05) is 0 Å². The summed E-state index contributed by atoms with van der Waals surface area (Å²) in [5.41, 5.74) is 1.41. The van der Waals surface area contributed by atoms with E-state index in [2.05, 4.69) is 0 Å². The summed E-state index contributed by atoms with van der Waals surface area (Å²) in [6.45, 7) is 9.21. The van der Waals surface area contributed by atoms with Gasteiger partial charge in [-0.05, 0) is 30.0 Å². The van der Waals surface area contributed by atoms with Gasteiger partial charge in [0.25, 0.3) is 0 Å². The van der Waals surface area contributed by atoms with Crippen LogP contribution in [-0.2, 0) is 10.2 Å². The van der Waals surface area contributed by atoms with E-state index in [1.54, 1.807) is 12.1 Å². The Balaban J connectivity index is 3.38. The highest BCUT2D eigenvalue weighted by atomic mass is 16.5. The molecule has 0 heterocycles. The van der Waals surface area contributed by atoms with E-state index in [9.17, 15) is 9.90 Å². The molecule has 0 saturated heterocycles. The zero-order chi connectivity index (χ0) is 12.5. The molecule has 3 nitrogen and oxygen atoms in total. The van der Waals surface area contributed by atoms with Gasteiger partial charge >= 0.3 is 5.97 Å². The Bertz CT molecular complexity index is 414. The summed E-state index contributed by atoms with van der Waals surface area (Å²) < 4.78 is 5.21. The minimum atomic E-state index is -0.348. The van der Waals surface area contributed by atoms with Crippen molar-refractivity contribution in [3.8, 4) is 11.5 Å². The van der Waals surface area contributed by atoms with Crippen LogP contribution >= 0.6 is 0 Å². The molecule has 0 aliphatic carbocycles. The maximum Gasteiger partial charge on any atom is 0.308 e. The van der Waals surface area contributed by atoms with E-state index in [0.29, 0.717) is 5.75 Å². The second-order valence-corrected chi connectivity index (χ2v) is 4.98. The Hall–Kier alpha value is -1.51. The van der Waals surface area contributed by atoms with Crippen LogP contribution in [0, 0.1) is 6.92 Å². The largest absolute Gasteiger partial charge is 0.508 e. The molecule has 0 atom stereocenters. The Morgan fingerprint density at radius 2 is 1.88 bits per heavy atom. The molecule has 0 aromatic heterocycles. The number of esters is 1. The number of aromatic hydroxyl groups is 1. The van der Waals surface area contributed by atoms with Crippen LogP contribution in [0.3, 0.4) is 0 Å². The molecule has 16 heavy (non-hydrogen) atoms. The Morgan fingerprint density at radius 1 is 1.31 bits per heavy atom. The Kier molecular flexibility index (Phi) is 3.27. The zero-order valence-electron chi connectivity index (χ0n) is 10.4. The second-order valence-electron chi connectivity index (χ2n) is 4.98. The molecule has 0 spiro atoms. The molecule has 0 fully saturated rings. The number of hydrogen-bond donors (Lipinski definition) is 1. The minimum absolute atomic E-state index is 0.186. The maximum absolute atomic E-state index is 11.0. The fraction of sp³-hybridized carbons (Fsp3) is 0.462. The van der Waals surface area contributed by atoms with Crippen molar-refractivity contribution < 1.29 is 14.6 Å². The lowest BCUT2D eigenvalue weighted by molar-refractivity contribution is -0.132. The summed E-state index contributed by atoms with van der Waals surface area (Å²) in [5, 5.41) is 9.58. The average Bonchev–Trinajstić information content (AvgIpc) is 2.06. The molecule has 1 aromatic carbocycles. The van der Waals surface area contributed by atoms with Gasteiger partial charge in [-0.15, -0.1) is 0 Å². The van der Waals surface area contributed by atoms with Gasteiger partial charge < -0.3 is 9.84 Å². The molecule has 3 heteroatoms. The van der Waals surface area contributed by atoms with Crippen LogP contribution in [0.15, 0.2) is 12.1 Å². The van der Waals surface area contributed by atoms with E-state index >= 15 is 0 Å². The van der Waals surface area contributed by atoms with Crippen LogP contribution in [0.25, 0.3) is 0 Å². The highest BCUT2D eigenvalue weighted by molar-refractivity contribution is 5.71. The molecular weight excluding hydrogens is 204 g/mol. The fourth-order valence-electron chi connectivity index (χ4n) is 1.59. The van der Waals surface area contributed by atoms with Crippen molar-refractivity contribution in [3.05, 3.63) is 23.3 Å². The summed E-state index contributed by atoms with van der Waals surface area (Å²) in [7, 11) is 0. The number of phenolic OH excluding ortho intramolecular Hbond substituents is 1. The third kappa shape index (κ3) is 2.75. The van der Waals surface area contributed by atoms with E-state index in [1.807, 2.05) is 27.7 Å². The molecule has 1 N–H and O–H groups in total. The number of carbonyl (C=O) groups is 1. The monoisotopic (exact) mass is 222 g/mol. The lowest BCUT2D eigenvalue weighted by atomic mass is 9.85. The number of rotatable bonds is 1. The van der Waals surface area contributed by atoms with Gasteiger partial charge in [-0.2, -0.15) is 0 Å². The first-order valence-corrected chi connectivity index (χ1v) is 5.24. The summed E-state index contributed by atoms with van der Waals surface area (Å²) in [5.74, 6) is 0.399. The molecule has 88 valence electrons. The fourth-order valence-corrected chi connectivity index (χ4v) is 1.59. The molecule has 0 aliphatic rings. The number of carbonyl (C=O) groups excluding carboxylic acids is 1. The Morgan fingerprint density at radius 3 is 2.31 bits per heavy atom. The summed E-state index contributed by atoms with van der Waals surface area (Å²) in [4.78, 5) is 11.0. The SMILES string of the molecule is CC(=O)Oc1c(C)cc(O)cc1C(C)(C)C. The van der Waals surface area contributed by atoms with E-state index in [0.717, 1.165) is 11.1 Å². The predicted octanol–water partition coefficient (Wildman–Crippen LogP) is 2.92. The van der Waals surface area contributed by atoms with Gasteiger partial charge in [0.05, 0.1) is 0 Å². The van der Waals surface area contributed by atoms with Gasteiger partial charge in [0.15, 0.2) is 0 Å². The van der Waals surface area contributed by atoms with Crippen LogP contribution in [-0.4, -0.2) is 11.1 Å². The van der Waals surface area contributed by atoms with Crippen LogP contribution < -0.4 is 4.74 Å². The van der Waals surface area contributed by atoms with Crippen molar-refractivity contribution in [2.45, 2.75) is 40.0 Å². The minimum Gasteiger partial charge on any atom is -0.508 e. The van der Waals surface area contributed by atoms with Crippen molar-refractivity contribution in [1.82, 2.24) is 0 Å².